The molecule has 2 aromatic rings. The second kappa shape index (κ2) is 6.91. The van der Waals surface area contributed by atoms with E-state index in [1.807, 2.05) is 0 Å². The van der Waals surface area contributed by atoms with E-state index >= 15 is 0 Å². The summed E-state index contributed by atoms with van der Waals surface area (Å²) in [6.07, 6.45) is 2.99. The third kappa shape index (κ3) is 3.76. The fourth-order valence-electron chi connectivity index (χ4n) is 2.66. The predicted octanol–water partition coefficient (Wildman–Crippen LogP) is 3.38. The zero-order valence-corrected chi connectivity index (χ0v) is 12.5. The Hall–Kier alpha value is -2.21. The molecule has 0 spiro atoms. The van der Waals surface area contributed by atoms with Gasteiger partial charge in [-0.2, -0.15) is 0 Å². The highest BCUT2D eigenvalue weighted by molar-refractivity contribution is 5.91. The van der Waals surface area contributed by atoms with Crippen LogP contribution >= 0.6 is 0 Å². The summed E-state index contributed by atoms with van der Waals surface area (Å²) < 4.78 is 37.0. The molecule has 1 aromatic heterocycles. The molecular formula is C17H17F2NO3. The summed E-state index contributed by atoms with van der Waals surface area (Å²) in [4.78, 5) is 13.9. The van der Waals surface area contributed by atoms with Gasteiger partial charge in [0.05, 0.1) is 19.0 Å². The first-order chi connectivity index (χ1) is 11.1. The lowest BCUT2D eigenvalue weighted by Gasteiger charge is -2.32. The van der Waals surface area contributed by atoms with Crippen molar-refractivity contribution >= 4 is 5.91 Å². The number of furan rings is 1. The molecule has 1 aromatic carbocycles. The lowest BCUT2D eigenvalue weighted by molar-refractivity contribution is -0.00762. The maximum Gasteiger partial charge on any atom is 0.289 e. The fraction of sp³-hybridized carbons (Fsp3) is 0.353. The molecule has 4 nitrogen and oxygen atoms in total. The number of halogens is 2. The first-order valence-electron chi connectivity index (χ1n) is 7.52. The molecule has 0 saturated carbocycles. The second-order valence-electron chi connectivity index (χ2n) is 5.55. The lowest BCUT2D eigenvalue weighted by atomic mass is 10.1. The van der Waals surface area contributed by atoms with Crippen LogP contribution in [0.15, 0.2) is 41.0 Å². The fourth-order valence-corrected chi connectivity index (χ4v) is 2.66. The molecule has 2 heterocycles. The number of piperidine rings is 1. The third-order valence-corrected chi connectivity index (χ3v) is 3.87. The molecule has 1 unspecified atom stereocenters. The van der Waals surface area contributed by atoms with E-state index in [2.05, 4.69) is 0 Å². The number of carbonyl (C=O) groups is 1. The lowest BCUT2D eigenvalue weighted by Crippen LogP contribution is -2.43. The summed E-state index contributed by atoms with van der Waals surface area (Å²) in [5.74, 6) is -1.60. The van der Waals surface area contributed by atoms with E-state index in [0.29, 0.717) is 24.4 Å². The van der Waals surface area contributed by atoms with Crippen LogP contribution in [0.5, 0.6) is 0 Å². The SMILES string of the molecule is O=C(c1ccco1)N1CCCC(OCc2ccc(F)c(F)c2)C1. The van der Waals surface area contributed by atoms with Crippen molar-refractivity contribution in [3.05, 3.63) is 59.6 Å². The summed E-state index contributed by atoms with van der Waals surface area (Å²) in [7, 11) is 0. The maximum absolute atomic E-state index is 13.2. The molecule has 6 heteroatoms. The Morgan fingerprint density at radius 2 is 2.17 bits per heavy atom. The van der Waals surface area contributed by atoms with Gasteiger partial charge in [0.2, 0.25) is 0 Å². The van der Waals surface area contributed by atoms with Gasteiger partial charge < -0.3 is 14.1 Å². The van der Waals surface area contributed by atoms with Crippen LogP contribution < -0.4 is 0 Å². The predicted molar refractivity (Wildman–Crippen MR) is 78.8 cm³/mol. The van der Waals surface area contributed by atoms with E-state index in [9.17, 15) is 13.6 Å². The van der Waals surface area contributed by atoms with E-state index in [-0.39, 0.29) is 18.6 Å². The number of benzene rings is 1. The molecular weight excluding hydrogens is 304 g/mol. The Morgan fingerprint density at radius 1 is 1.30 bits per heavy atom. The zero-order valence-electron chi connectivity index (χ0n) is 12.5. The maximum atomic E-state index is 13.2. The van der Waals surface area contributed by atoms with Gasteiger partial charge in [0.15, 0.2) is 17.4 Å². The van der Waals surface area contributed by atoms with Crippen molar-refractivity contribution in [2.75, 3.05) is 13.1 Å². The molecule has 122 valence electrons. The Bertz CT molecular complexity index is 672. The van der Waals surface area contributed by atoms with Crippen molar-refractivity contribution in [1.29, 1.82) is 0 Å². The standard InChI is InChI=1S/C17H17F2NO3/c18-14-6-5-12(9-15(14)19)11-23-13-3-1-7-20(10-13)17(21)16-4-2-8-22-16/h2,4-6,8-9,13H,1,3,7,10-11H2. The van der Waals surface area contributed by atoms with Gasteiger partial charge in [0.25, 0.3) is 5.91 Å². The van der Waals surface area contributed by atoms with Gasteiger partial charge in [-0.1, -0.05) is 6.07 Å². The molecule has 23 heavy (non-hydrogen) atoms. The van der Waals surface area contributed by atoms with Crippen molar-refractivity contribution in [2.24, 2.45) is 0 Å². The number of hydrogen-bond acceptors (Lipinski definition) is 3. The monoisotopic (exact) mass is 321 g/mol. The van der Waals surface area contributed by atoms with Gasteiger partial charge in [-0.05, 0) is 42.7 Å². The number of ether oxygens (including phenoxy) is 1. The Labute approximate surface area is 132 Å². The largest absolute Gasteiger partial charge is 0.459 e. The molecule has 0 aliphatic carbocycles. The quantitative estimate of drug-likeness (QED) is 0.867. The van der Waals surface area contributed by atoms with Crippen LogP contribution in [0.4, 0.5) is 8.78 Å². The van der Waals surface area contributed by atoms with Crippen LogP contribution in [0.25, 0.3) is 0 Å². The second-order valence-corrected chi connectivity index (χ2v) is 5.55. The minimum atomic E-state index is -0.885. The highest BCUT2D eigenvalue weighted by Crippen LogP contribution is 2.18. The van der Waals surface area contributed by atoms with E-state index in [1.165, 1.54) is 12.3 Å². The summed E-state index contributed by atoms with van der Waals surface area (Å²) >= 11 is 0. The summed E-state index contributed by atoms with van der Waals surface area (Å²) in [6, 6.07) is 7.01. The summed E-state index contributed by atoms with van der Waals surface area (Å²) in [5.41, 5.74) is 0.568. The first-order valence-corrected chi connectivity index (χ1v) is 7.52. The van der Waals surface area contributed by atoms with Crippen molar-refractivity contribution in [2.45, 2.75) is 25.6 Å². The molecule has 1 aliphatic heterocycles. The molecule has 0 radical (unpaired) electrons. The van der Waals surface area contributed by atoms with Crippen LogP contribution in [0, 0.1) is 11.6 Å². The number of rotatable bonds is 4. The number of carbonyl (C=O) groups excluding carboxylic acids is 1. The van der Waals surface area contributed by atoms with Gasteiger partial charge in [-0.15, -0.1) is 0 Å². The Kier molecular flexibility index (Phi) is 4.71. The smallest absolute Gasteiger partial charge is 0.289 e. The molecule has 0 N–H and O–H groups in total. The average molecular weight is 321 g/mol. The van der Waals surface area contributed by atoms with Crippen LogP contribution in [0.1, 0.15) is 29.0 Å². The van der Waals surface area contributed by atoms with Gasteiger partial charge in [0, 0.05) is 13.1 Å². The minimum absolute atomic E-state index is 0.129. The van der Waals surface area contributed by atoms with Gasteiger partial charge in [-0.25, -0.2) is 8.78 Å². The van der Waals surface area contributed by atoms with Crippen molar-refractivity contribution in [1.82, 2.24) is 4.90 Å². The van der Waals surface area contributed by atoms with Gasteiger partial charge in [0.1, 0.15) is 0 Å². The van der Waals surface area contributed by atoms with Gasteiger partial charge in [-0.3, -0.25) is 4.79 Å². The third-order valence-electron chi connectivity index (χ3n) is 3.87. The topological polar surface area (TPSA) is 42.7 Å². The van der Waals surface area contributed by atoms with Gasteiger partial charge >= 0.3 is 0 Å². The molecule has 1 saturated heterocycles. The zero-order chi connectivity index (χ0) is 16.2. The minimum Gasteiger partial charge on any atom is -0.459 e. The number of likely N-dealkylation sites (tertiary alicyclic amines) is 1. The van der Waals surface area contributed by atoms with Crippen molar-refractivity contribution in [3.63, 3.8) is 0 Å². The molecule has 1 aliphatic rings. The van der Waals surface area contributed by atoms with Crippen LogP contribution in [-0.4, -0.2) is 30.0 Å². The van der Waals surface area contributed by atoms with E-state index in [1.54, 1.807) is 17.0 Å². The average Bonchev–Trinajstić information content (AvgIpc) is 3.10. The van der Waals surface area contributed by atoms with Crippen molar-refractivity contribution in [3.8, 4) is 0 Å². The van der Waals surface area contributed by atoms with Crippen LogP contribution in [0.2, 0.25) is 0 Å². The Balaban J connectivity index is 1.56. The van der Waals surface area contributed by atoms with E-state index in [4.69, 9.17) is 9.15 Å². The van der Waals surface area contributed by atoms with E-state index < -0.39 is 11.6 Å². The summed E-state index contributed by atoms with van der Waals surface area (Å²) in [5, 5.41) is 0. The van der Waals surface area contributed by atoms with E-state index in [0.717, 1.165) is 25.0 Å². The normalized spacial score (nSPS) is 18.2. The Morgan fingerprint density at radius 3 is 2.91 bits per heavy atom. The first kappa shape index (κ1) is 15.7. The number of amides is 1. The van der Waals surface area contributed by atoms with Crippen LogP contribution in [-0.2, 0) is 11.3 Å². The number of hydrogen-bond donors (Lipinski definition) is 0. The molecule has 1 fully saturated rings. The molecule has 1 atom stereocenters. The van der Waals surface area contributed by atoms with Crippen molar-refractivity contribution < 1.29 is 22.7 Å². The summed E-state index contributed by atoms with van der Waals surface area (Å²) in [6.45, 7) is 1.30. The molecule has 1 amide bonds. The molecule has 3 rings (SSSR count). The van der Waals surface area contributed by atoms with Crippen LogP contribution in [0.3, 0.4) is 0 Å². The highest BCUT2D eigenvalue weighted by Gasteiger charge is 2.26. The highest BCUT2D eigenvalue weighted by atomic mass is 19.2. The number of nitrogens with zero attached hydrogens (tertiary/aromatic N) is 1. The molecule has 0 bridgehead atoms.